The Labute approximate surface area is 154 Å². The van der Waals surface area contributed by atoms with Crippen LogP contribution in [0.2, 0.25) is 0 Å². The van der Waals surface area contributed by atoms with Gasteiger partial charge in [0.1, 0.15) is 5.75 Å². The van der Waals surface area contributed by atoms with Crippen LogP contribution in [-0.4, -0.2) is 27.5 Å². The fraction of sp³-hybridized carbons (Fsp3) is 0.118. The summed E-state index contributed by atoms with van der Waals surface area (Å²) in [6, 6.07) is 6.91. The molecule has 1 aromatic heterocycles. The van der Waals surface area contributed by atoms with Gasteiger partial charge in [-0.05, 0) is 43.3 Å². The van der Waals surface area contributed by atoms with Crippen molar-refractivity contribution in [1.82, 2.24) is 15.0 Å². The lowest BCUT2D eigenvalue weighted by atomic mass is 10.2. The number of alkyl halides is 2. The van der Waals surface area contributed by atoms with Crippen LogP contribution < -0.4 is 10.1 Å². The highest BCUT2D eigenvalue weighted by molar-refractivity contribution is 6.03. The number of rotatable bonds is 5. The summed E-state index contributed by atoms with van der Waals surface area (Å²) >= 11 is 0. The highest BCUT2D eigenvalue weighted by Gasteiger charge is 2.21. The number of halogens is 5. The fourth-order valence-electron chi connectivity index (χ4n) is 2.36. The van der Waals surface area contributed by atoms with Gasteiger partial charge >= 0.3 is 6.61 Å². The Bertz CT molecular complexity index is 1020. The highest BCUT2D eigenvalue weighted by atomic mass is 19.3. The van der Waals surface area contributed by atoms with Gasteiger partial charge < -0.3 is 10.1 Å². The number of carbonyl (C=O) groups excluding carboxylic acids is 1. The van der Waals surface area contributed by atoms with E-state index in [9.17, 15) is 26.7 Å². The number of aromatic nitrogens is 3. The first kappa shape index (κ1) is 19.3. The number of benzene rings is 2. The van der Waals surface area contributed by atoms with E-state index in [2.05, 4.69) is 20.4 Å². The minimum atomic E-state index is -2.97. The van der Waals surface area contributed by atoms with E-state index in [1.165, 1.54) is 35.9 Å². The molecule has 3 aromatic rings. The van der Waals surface area contributed by atoms with Crippen molar-refractivity contribution in [2.75, 3.05) is 5.32 Å². The Morgan fingerprint density at radius 3 is 2.39 bits per heavy atom. The van der Waals surface area contributed by atoms with Crippen molar-refractivity contribution in [3.8, 4) is 11.4 Å². The summed E-state index contributed by atoms with van der Waals surface area (Å²) in [6.45, 7) is -1.48. The van der Waals surface area contributed by atoms with Crippen molar-refractivity contribution in [3.63, 3.8) is 0 Å². The predicted octanol–water partition coefficient (Wildman–Crippen LogP) is 3.85. The molecule has 6 nitrogen and oxygen atoms in total. The summed E-state index contributed by atoms with van der Waals surface area (Å²) in [5.41, 5.74) is -0.129. The van der Waals surface area contributed by atoms with Gasteiger partial charge in [0.05, 0.1) is 17.1 Å². The average molecular weight is 398 g/mol. The maximum absolute atomic E-state index is 13.7. The molecule has 0 fully saturated rings. The number of carbonyl (C=O) groups is 1. The van der Waals surface area contributed by atoms with E-state index in [-0.39, 0.29) is 17.1 Å². The number of nitrogens with one attached hydrogen (secondary N) is 1. The van der Waals surface area contributed by atoms with Crippen LogP contribution in [0, 0.1) is 24.4 Å². The van der Waals surface area contributed by atoms with Crippen molar-refractivity contribution in [2.45, 2.75) is 13.5 Å². The SMILES string of the molecule is Cc1c(C(=O)Nc2ccc(F)c(F)c2F)nnn1-c1ccc(OC(F)F)cc1. The highest BCUT2D eigenvalue weighted by Crippen LogP contribution is 2.22. The van der Waals surface area contributed by atoms with Crippen LogP contribution in [0.25, 0.3) is 5.69 Å². The molecule has 0 aliphatic rings. The molecule has 0 aliphatic carbocycles. The van der Waals surface area contributed by atoms with Crippen LogP contribution in [-0.2, 0) is 0 Å². The van der Waals surface area contributed by atoms with Gasteiger partial charge in [-0.15, -0.1) is 5.10 Å². The van der Waals surface area contributed by atoms with Crippen LogP contribution in [0.3, 0.4) is 0 Å². The Kier molecular flexibility index (Phi) is 5.25. The molecule has 0 saturated heterocycles. The molecule has 0 saturated carbocycles. The molecule has 3 rings (SSSR count). The zero-order valence-electron chi connectivity index (χ0n) is 14.1. The maximum Gasteiger partial charge on any atom is 0.387 e. The Hall–Kier alpha value is -3.50. The van der Waals surface area contributed by atoms with E-state index < -0.39 is 35.7 Å². The molecule has 11 heteroatoms. The first-order valence-corrected chi connectivity index (χ1v) is 7.70. The fourth-order valence-corrected chi connectivity index (χ4v) is 2.36. The number of hydrogen-bond donors (Lipinski definition) is 1. The quantitative estimate of drug-likeness (QED) is 0.524. The van der Waals surface area contributed by atoms with Gasteiger partial charge in [-0.1, -0.05) is 5.21 Å². The molecule has 0 radical (unpaired) electrons. The maximum atomic E-state index is 13.7. The van der Waals surface area contributed by atoms with Crippen LogP contribution in [0.1, 0.15) is 16.2 Å². The molecule has 0 unspecified atom stereocenters. The van der Waals surface area contributed by atoms with E-state index >= 15 is 0 Å². The number of ether oxygens (including phenoxy) is 1. The molecule has 0 aliphatic heterocycles. The molecular formula is C17H11F5N4O2. The summed E-state index contributed by atoms with van der Waals surface area (Å²) in [5.74, 6) is -5.62. The van der Waals surface area contributed by atoms with Gasteiger partial charge in [-0.25, -0.2) is 17.9 Å². The Morgan fingerprint density at radius 2 is 1.75 bits per heavy atom. The van der Waals surface area contributed by atoms with Gasteiger partial charge in [-0.3, -0.25) is 4.79 Å². The second-order valence-corrected chi connectivity index (χ2v) is 5.48. The lowest BCUT2D eigenvalue weighted by Crippen LogP contribution is -2.16. The van der Waals surface area contributed by atoms with Crippen molar-refractivity contribution in [2.24, 2.45) is 0 Å². The summed E-state index contributed by atoms with van der Waals surface area (Å²) in [7, 11) is 0. The third kappa shape index (κ3) is 3.77. The molecule has 2 aromatic carbocycles. The molecule has 0 spiro atoms. The number of hydrogen-bond acceptors (Lipinski definition) is 4. The lowest BCUT2D eigenvalue weighted by Gasteiger charge is -2.08. The first-order valence-electron chi connectivity index (χ1n) is 7.70. The zero-order chi connectivity index (χ0) is 20.4. The van der Waals surface area contributed by atoms with E-state index in [0.29, 0.717) is 11.8 Å². The van der Waals surface area contributed by atoms with Crippen molar-refractivity contribution < 1.29 is 31.5 Å². The normalized spacial score (nSPS) is 11.0. The van der Waals surface area contributed by atoms with Gasteiger partial charge in [0.15, 0.2) is 23.1 Å². The summed E-state index contributed by atoms with van der Waals surface area (Å²) in [5, 5.41) is 9.56. The molecular weight excluding hydrogens is 387 g/mol. The summed E-state index contributed by atoms with van der Waals surface area (Å²) in [6.07, 6.45) is 0. The van der Waals surface area contributed by atoms with Gasteiger partial charge in [0.2, 0.25) is 0 Å². The topological polar surface area (TPSA) is 69.0 Å². The third-order valence-corrected chi connectivity index (χ3v) is 3.70. The largest absolute Gasteiger partial charge is 0.435 e. The Balaban J connectivity index is 1.83. The number of amides is 1. The minimum Gasteiger partial charge on any atom is -0.435 e. The molecule has 1 heterocycles. The van der Waals surface area contributed by atoms with Crippen LogP contribution in [0.15, 0.2) is 36.4 Å². The van der Waals surface area contributed by atoms with Crippen LogP contribution >= 0.6 is 0 Å². The van der Waals surface area contributed by atoms with Crippen LogP contribution in [0.5, 0.6) is 5.75 Å². The van der Waals surface area contributed by atoms with Crippen molar-refractivity contribution in [1.29, 1.82) is 0 Å². The van der Waals surface area contributed by atoms with Crippen LogP contribution in [0.4, 0.5) is 27.6 Å². The average Bonchev–Trinajstić information content (AvgIpc) is 3.04. The van der Waals surface area contributed by atoms with Gasteiger partial charge in [-0.2, -0.15) is 8.78 Å². The zero-order valence-corrected chi connectivity index (χ0v) is 14.1. The van der Waals surface area contributed by atoms with E-state index in [1.807, 2.05) is 0 Å². The second kappa shape index (κ2) is 7.62. The minimum absolute atomic E-state index is 0.0664. The molecule has 1 amide bonds. The van der Waals surface area contributed by atoms with E-state index in [4.69, 9.17) is 0 Å². The van der Waals surface area contributed by atoms with Gasteiger partial charge in [0.25, 0.3) is 5.91 Å². The smallest absolute Gasteiger partial charge is 0.387 e. The van der Waals surface area contributed by atoms with E-state index in [0.717, 1.165) is 6.07 Å². The number of nitrogens with zero attached hydrogens (tertiary/aromatic N) is 3. The third-order valence-electron chi connectivity index (χ3n) is 3.70. The van der Waals surface area contributed by atoms with Crippen molar-refractivity contribution in [3.05, 3.63) is 65.2 Å². The molecule has 146 valence electrons. The monoisotopic (exact) mass is 398 g/mol. The lowest BCUT2D eigenvalue weighted by molar-refractivity contribution is -0.0498. The summed E-state index contributed by atoms with van der Waals surface area (Å²) < 4.78 is 69.8. The van der Waals surface area contributed by atoms with Gasteiger partial charge in [0, 0.05) is 0 Å². The first-order chi connectivity index (χ1) is 13.3. The Morgan fingerprint density at radius 1 is 1.07 bits per heavy atom. The molecule has 28 heavy (non-hydrogen) atoms. The molecule has 0 bridgehead atoms. The predicted molar refractivity (Wildman–Crippen MR) is 87.0 cm³/mol. The molecule has 1 N–H and O–H groups in total. The summed E-state index contributed by atoms with van der Waals surface area (Å²) in [4.78, 5) is 12.3. The van der Waals surface area contributed by atoms with Crippen molar-refractivity contribution >= 4 is 11.6 Å². The standard InChI is InChI=1S/C17H11F5N4O2/c1-8-15(16(27)23-12-7-6-11(18)13(19)14(12)20)24-25-26(8)9-2-4-10(5-3-9)28-17(21)22/h2-7,17H,1H3,(H,23,27). The second-order valence-electron chi connectivity index (χ2n) is 5.48. The van der Waals surface area contributed by atoms with E-state index in [1.54, 1.807) is 0 Å². The molecule has 0 atom stereocenters. The number of anilines is 1.